The molecule has 3 unspecified atom stereocenters. The largest absolute Gasteiger partial charge is 0.494 e. The van der Waals surface area contributed by atoms with Gasteiger partial charge in [0.2, 0.25) is 5.91 Å². The molecular weight excluding hydrogens is 326 g/mol. The first-order chi connectivity index (χ1) is 11.4. The molecule has 1 N–H and O–H groups in total. The summed E-state index contributed by atoms with van der Waals surface area (Å²) in [6.07, 6.45) is 4.25. The van der Waals surface area contributed by atoms with E-state index in [-0.39, 0.29) is 10.9 Å². The Morgan fingerprint density at radius 2 is 1.88 bits per heavy atom. The molecule has 1 saturated carbocycles. The molecule has 0 aliphatic heterocycles. The van der Waals surface area contributed by atoms with E-state index in [1.807, 2.05) is 6.92 Å². The van der Waals surface area contributed by atoms with Gasteiger partial charge in [0.25, 0.3) is 0 Å². The second-order valence-electron chi connectivity index (χ2n) is 6.47. The monoisotopic (exact) mass is 353 g/mol. The molecule has 1 amide bonds. The summed E-state index contributed by atoms with van der Waals surface area (Å²) in [4.78, 5) is 12.6. The molecule has 6 heteroatoms. The third kappa shape index (κ3) is 4.29. The molecule has 0 radical (unpaired) electrons. The normalized spacial score (nSPS) is 22.6. The average Bonchev–Trinajstić information content (AvgIpc) is 2.57. The van der Waals surface area contributed by atoms with E-state index in [2.05, 4.69) is 12.2 Å². The van der Waals surface area contributed by atoms with Crippen molar-refractivity contribution in [1.29, 1.82) is 0 Å². The first-order valence-electron chi connectivity index (χ1n) is 8.63. The number of hydrogen-bond donors (Lipinski definition) is 1. The lowest BCUT2D eigenvalue weighted by atomic mass is 9.86. The van der Waals surface area contributed by atoms with Crippen molar-refractivity contribution >= 4 is 15.7 Å². The Hall–Kier alpha value is -1.56. The second-order valence-corrected chi connectivity index (χ2v) is 8.74. The first kappa shape index (κ1) is 18.8. The molecule has 1 fully saturated rings. The maximum absolute atomic E-state index is 12.7. The van der Waals surface area contributed by atoms with Crippen LogP contribution in [0.1, 0.15) is 46.5 Å². The van der Waals surface area contributed by atoms with Crippen molar-refractivity contribution in [1.82, 2.24) is 5.32 Å². The Balaban J connectivity index is 2.08. The number of carbonyl (C=O) groups excluding carboxylic acids is 1. The summed E-state index contributed by atoms with van der Waals surface area (Å²) in [7, 11) is -3.71. The van der Waals surface area contributed by atoms with Gasteiger partial charge in [-0.3, -0.25) is 4.79 Å². The molecule has 134 valence electrons. The summed E-state index contributed by atoms with van der Waals surface area (Å²) in [6, 6.07) is 6.29. The van der Waals surface area contributed by atoms with Crippen LogP contribution in [0.4, 0.5) is 0 Å². The number of hydrogen-bond acceptors (Lipinski definition) is 4. The minimum Gasteiger partial charge on any atom is -0.494 e. The van der Waals surface area contributed by atoms with Gasteiger partial charge < -0.3 is 10.1 Å². The molecule has 24 heavy (non-hydrogen) atoms. The predicted octanol–water partition coefficient (Wildman–Crippen LogP) is 2.94. The smallest absolute Gasteiger partial charge is 0.238 e. The molecule has 0 aromatic heterocycles. The van der Waals surface area contributed by atoms with E-state index in [0.29, 0.717) is 18.3 Å². The van der Waals surface area contributed by atoms with Crippen molar-refractivity contribution in [2.45, 2.75) is 62.6 Å². The molecule has 3 atom stereocenters. The van der Waals surface area contributed by atoms with E-state index in [9.17, 15) is 13.2 Å². The van der Waals surface area contributed by atoms with Crippen LogP contribution in [0.25, 0.3) is 0 Å². The van der Waals surface area contributed by atoms with Gasteiger partial charge in [-0.05, 0) is 56.9 Å². The second kappa shape index (κ2) is 8.01. The van der Waals surface area contributed by atoms with Crippen LogP contribution in [0.2, 0.25) is 0 Å². The lowest BCUT2D eigenvalue weighted by molar-refractivity contribution is -0.121. The maximum Gasteiger partial charge on any atom is 0.238 e. The maximum atomic E-state index is 12.7. The SMILES string of the molecule is CCOc1ccc(S(=O)(=O)C(C)C(=O)NC2CCCCC2C)cc1. The van der Waals surface area contributed by atoms with E-state index >= 15 is 0 Å². The Kier molecular flexibility index (Phi) is 6.27. The number of rotatable bonds is 6. The molecule has 1 aliphatic rings. The standard InChI is InChI=1S/C18H27NO4S/c1-4-23-15-9-11-16(12-10-15)24(21,22)14(3)18(20)19-17-8-6-5-7-13(17)2/h9-14,17H,4-8H2,1-3H3,(H,19,20). The van der Waals surface area contributed by atoms with Crippen molar-refractivity contribution in [3.05, 3.63) is 24.3 Å². The number of benzene rings is 1. The van der Waals surface area contributed by atoms with Gasteiger partial charge >= 0.3 is 0 Å². The van der Waals surface area contributed by atoms with Gasteiger partial charge in [-0.2, -0.15) is 0 Å². The third-order valence-corrected chi connectivity index (χ3v) is 6.81. The first-order valence-corrected chi connectivity index (χ1v) is 10.2. The van der Waals surface area contributed by atoms with Crippen molar-refractivity contribution in [2.75, 3.05) is 6.61 Å². The van der Waals surface area contributed by atoms with Crippen LogP contribution in [0, 0.1) is 5.92 Å². The zero-order valence-corrected chi connectivity index (χ0v) is 15.4. The van der Waals surface area contributed by atoms with Gasteiger partial charge in [0, 0.05) is 6.04 Å². The van der Waals surface area contributed by atoms with Crippen molar-refractivity contribution < 1.29 is 17.9 Å². The highest BCUT2D eigenvalue weighted by Gasteiger charge is 2.32. The van der Waals surface area contributed by atoms with Crippen LogP contribution >= 0.6 is 0 Å². The highest BCUT2D eigenvalue weighted by Crippen LogP contribution is 2.25. The summed E-state index contributed by atoms with van der Waals surface area (Å²) in [5.41, 5.74) is 0. The predicted molar refractivity (Wildman–Crippen MR) is 93.8 cm³/mol. The van der Waals surface area contributed by atoms with Crippen LogP contribution in [0.3, 0.4) is 0 Å². The zero-order valence-electron chi connectivity index (χ0n) is 14.6. The van der Waals surface area contributed by atoms with Crippen molar-refractivity contribution in [2.24, 2.45) is 5.92 Å². The Morgan fingerprint density at radius 3 is 2.46 bits per heavy atom. The van der Waals surface area contributed by atoms with E-state index in [4.69, 9.17) is 4.74 Å². The Bertz CT molecular complexity index is 654. The number of amides is 1. The van der Waals surface area contributed by atoms with Gasteiger partial charge in [0.15, 0.2) is 9.84 Å². The van der Waals surface area contributed by atoms with E-state index in [1.165, 1.54) is 25.5 Å². The summed E-state index contributed by atoms with van der Waals surface area (Å²) < 4.78 is 30.6. The fraction of sp³-hybridized carbons (Fsp3) is 0.611. The average molecular weight is 353 g/mol. The Labute approximate surface area is 144 Å². The molecule has 0 bridgehead atoms. The highest BCUT2D eigenvalue weighted by molar-refractivity contribution is 7.92. The van der Waals surface area contributed by atoms with Crippen LogP contribution in [-0.2, 0) is 14.6 Å². The summed E-state index contributed by atoms with van der Waals surface area (Å²) in [6.45, 7) is 5.94. The number of carbonyl (C=O) groups is 1. The van der Waals surface area contributed by atoms with Gasteiger partial charge in [-0.1, -0.05) is 19.8 Å². The van der Waals surface area contributed by atoms with Gasteiger partial charge in [-0.25, -0.2) is 8.42 Å². The van der Waals surface area contributed by atoms with Gasteiger partial charge in [0.1, 0.15) is 11.0 Å². The summed E-state index contributed by atoms with van der Waals surface area (Å²) >= 11 is 0. The van der Waals surface area contributed by atoms with Crippen LogP contribution < -0.4 is 10.1 Å². The van der Waals surface area contributed by atoms with Crippen LogP contribution in [0.5, 0.6) is 5.75 Å². The molecule has 0 heterocycles. The molecule has 0 saturated heterocycles. The fourth-order valence-corrected chi connectivity index (χ4v) is 4.34. The van der Waals surface area contributed by atoms with Gasteiger partial charge in [0.05, 0.1) is 11.5 Å². The number of ether oxygens (including phenoxy) is 1. The summed E-state index contributed by atoms with van der Waals surface area (Å²) in [5, 5.41) is 1.83. The third-order valence-electron chi connectivity index (χ3n) is 4.74. The van der Waals surface area contributed by atoms with E-state index < -0.39 is 21.0 Å². The summed E-state index contributed by atoms with van der Waals surface area (Å²) in [5.74, 6) is 0.593. The molecule has 2 rings (SSSR count). The molecular formula is C18H27NO4S. The highest BCUT2D eigenvalue weighted by atomic mass is 32.2. The molecule has 1 aromatic rings. The van der Waals surface area contributed by atoms with Crippen LogP contribution in [-0.4, -0.2) is 32.2 Å². The molecule has 1 aromatic carbocycles. The van der Waals surface area contributed by atoms with Crippen molar-refractivity contribution in [3.8, 4) is 5.75 Å². The Morgan fingerprint density at radius 1 is 1.25 bits per heavy atom. The molecule has 5 nitrogen and oxygen atoms in total. The van der Waals surface area contributed by atoms with E-state index in [1.54, 1.807) is 12.1 Å². The van der Waals surface area contributed by atoms with Gasteiger partial charge in [-0.15, -0.1) is 0 Å². The topological polar surface area (TPSA) is 72.5 Å². The lowest BCUT2D eigenvalue weighted by Crippen LogP contribution is -2.46. The minimum absolute atomic E-state index is 0.0734. The zero-order chi connectivity index (χ0) is 17.7. The quantitative estimate of drug-likeness (QED) is 0.853. The molecule has 0 spiro atoms. The lowest BCUT2D eigenvalue weighted by Gasteiger charge is -2.30. The fourth-order valence-electron chi connectivity index (χ4n) is 3.07. The number of nitrogens with one attached hydrogen (secondary N) is 1. The van der Waals surface area contributed by atoms with Crippen molar-refractivity contribution in [3.63, 3.8) is 0 Å². The molecule has 1 aliphatic carbocycles. The van der Waals surface area contributed by atoms with Crippen LogP contribution in [0.15, 0.2) is 29.2 Å². The number of sulfone groups is 1. The van der Waals surface area contributed by atoms with E-state index in [0.717, 1.165) is 19.3 Å². The minimum atomic E-state index is -3.71.